The van der Waals surface area contributed by atoms with E-state index in [1.54, 1.807) is 16.7 Å². The molecule has 0 N–H and O–H groups in total. The second-order valence-corrected chi connectivity index (χ2v) is 6.79. The number of piperazine rings is 1. The first-order chi connectivity index (χ1) is 12.7. The van der Waals surface area contributed by atoms with E-state index >= 15 is 0 Å². The summed E-state index contributed by atoms with van der Waals surface area (Å²) in [6.07, 6.45) is 5.52. The highest BCUT2D eigenvalue weighted by Crippen LogP contribution is 2.21. The molecule has 6 heteroatoms. The molecule has 1 unspecified atom stereocenters. The standard InChI is InChI=1S/C20H23N5O/c1-16(17-5-4-7-21-14-17)24-11-9-23(10-12-24)15-18-13-20(26)25-8-3-2-6-19(25)22-18/h2-8,13-14,16H,9-12,15H2,1H3. The van der Waals surface area contributed by atoms with Crippen LogP contribution in [0.15, 0.2) is 59.8 Å². The summed E-state index contributed by atoms with van der Waals surface area (Å²) in [6, 6.07) is 11.8. The van der Waals surface area contributed by atoms with Gasteiger partial charge < -0.3 is 0 Å². The van der Waals surface area contributed by atoms with Crippen molar-refractivity contribution in [2.75, 3.05) is 26.2 Å². The van der Waals surface area contributed by atoms with Crippen LogP contribution in [0.5, 0.6) is 0 Å². The van der Waals surface area contributed by atoms with Crippen LogP contribution in [0.25, 0.3) is 5.65 Å². The predicted octanol–water partition coefficient (Wildman–Crippen LogP) is 1.97. The molecule has 0 radical (unpaired) electrons. The SMILES string of the molecule is CC(c1cccnc1)N1CCN(Cc2cc(=O)n3ccccc3n2)CC1. The van der Waals surface area contributed by atoms with Crippen LogP contribution in [0.2, 0.25) is 0 Å². The zero-order valence-corrected chi connectivity index (χ0v) is 15.0. The Balaban J connectivity index is 1.40. The lowest BCUT2D eigenvalue weighted by molar-refractivity contribution is 0.0969. The number of fused-ring (bicyclic) bond motifs is 1. The van der Waals surface area contributed by atoms with Gasteiger partial charge in [-0.3, -0.25) is 24.0 Å². The van der Waals surface area contributed by atoms with Crippen LogP contribution in [0.4, 0.5) is 0 Å². The molecule has 0 spiro atoms. The van der Waals surface area contributed by atoms with Crippen molar-refractivity contribution in [1.82, 2.24) is 24.2 Å². The molecule has 1 fully saturated rings. The van der Waals surface area contributed by atoms with Crippen LogP contribution < -0.4 is 5.56 Å². The fraction of sp³-hybridized carbons (Fsp3) is 0.350. The summed E-state index contributed by atoms with van der Waals surface area (Å²) >= 11 is 0. The van der Waals surface area contributed by atoms with E-state index in [1.165, 1.54) is 5.56 Å². The van der Waals surface area contributed by atoms with E-state index < -0.39 is 0 Å². The van der Waals surface area contributed by atoms with Gasteiger partial charge in [0.15, 0.2) is 0 Å². The third-order valence-electron chi connectivity index (χ3n) is 5.13. The Morgan fingerprint density at radius 2 is 1.96 bits per heavy atom. The molecule has 4 rings (SSSR count). The van der Waals surface area contributed by atoms with Crippen LogP contribution in [0, 0.1) is 0 Å². The van der Waals surface area contributed by atoms with Gasteiger partial charge in [-0.05, 0) is 30.7 Å². The van der Waals surface area contributed by atoms with Crippen molar-refractivity contribution in [2.45, 2.75) is 19.5 Å². The number of aromatic nitrogens is 3. The first-order valence-electron chi connectivity index (χ1n) is 9.04. The average Bonchev–Trinajstić information content (AvgIpc) is 2.69. The highest BCUT2D eigenvalue weighted by atomic mass is 16.1. The van der Waals surface area contributed by atoms with Gasteiger partial charge in [-0.1, -0.05) is 12.1 Å². The highest BCUT2D eigenvalue weighted by Gasteiger charge is 2.22. The van der Waals surface area contributed by atoms with Crippen LogP contribution in [0.1, 0.15) is 24.2 Å². The zero-order valence-electron chi connectivity index (χ0n) is 15.0. The van der Waals surface area contributed by atoms with Gasteiger partial charge in [0.05, 0.1) is 5.69 Å². The van der Waals surface area contributed by atoms with E-state index in [4.69, 9.17) is 0 Å². The maximum absolute atomic E-state index is 12.2. The Bertz CT molecular complexity index is 932. The van der Waals surface area contributed by atoms with E-state index in [9.17, 15) is 4.79 Å². The zero-order chi connectivity index (χ0) is 17.9. The lowest BCUT2D eigenvalue weighted by Crippen LogP contribution is -2.46. The monoisotopic (exact) mass is 349 g/mol. The second kappa shape index (κ2) is 7.35. The Morgan fingerprint density at radius 1 is 1.12 bits per heavy atom. The second-order valence-electron chi connectivity index (χ2n) is 6.79. The molecule has 6 nitrogen and oxygen atoms in total. The topological polar surface area (TPSA) is 53.7 Å². The maximum atomic E-state index is 12.2. The Kier molecular flexibility index (Phi) is 4.77. The van der Waals surface area contributed by atoms with Crippen molar-refractivity contribution in [3.05, 3.63) is 76.6 Å². The molecule has 26 heavy (non-hydrogen) atoms. The summed E-state index contributed by atoms with van der Waals surface area (Å²) in [4.78, 5) is 25.9. The summed E-state index contributed by atoms with van der Waals surface area (Å²) < 4.78 is 1.58. The minimum absolute atomic E-state index is 0.0190. The van der Waals surface area contributed by atoms with Crippen LogP contribution in [-0.4, -0.2) is 50.3 Å². The van der Waals surface area contributed by atoms with Crippen LogP contribution in [-0.2, 0) is 6.54 Å². The summed E-state index contributed by atoms with van der Waals surface area (Å²) in [5, 5.41) is 0. The molecular formula is C20H23N5O. The van der Waals surface area contributed by atoms with Crippen molar-refractivity contribution in [1.29, 1.82) is 0 Å². The third kappa shape index (κ3) is 3.52. The van der Waals surface area contributed by atoms with Crippen LogP contribution in [0.3, 0.4) is 0 Å². The molecule has 4 heterocycles. The number of pyridine rings is 2. The molecule has 3 aromatic rings. The quantitative estimate of drug-likeness (QED) is 0.721. The Labute approximate surface area is 152 Å². The maximum Gasteiger partial charge on any atom is 0.258 e. The van der Waals surface area contributed by atoms with E-state index in [0.717, 1.165) is 38.4 Å². The highest BCUT2D eigenvalue weighted by molar-refractivity contribution is 5.38. The summed E-state index contributed by atoms with van der Waals surface area (Å²) in [5.74, 6) is 0. The third-order valence-corrected chi connectivity index (χ3v) is 5.13. The first-order valence-corrected chi connectivity index (χ1v) is 9.04. The predicted molar refractivity (Wildman–Crippen MR) is 101 cm³/mol. The van der Waals surface area contributed by atoms with Gasteiger partial charge in [0.1, 0.15) is 5.65 Å². The normalized spacial score (nSPS) is 17.4. The Morgan fingerprint density at radius 3 is 2.73 bits per heavy atom. The molecule has 1 aliphatic rings. The molecule has 0 bridgehead atoms. The smallest absolute Gasteiger partial charge is 0.258 e. The fourth-order valence-electron chi connectivity index (χ4n) is 3.56. The van der Waals surface area contributed by atoms with Gasteiger partial charge in [-0.25, -0.2) is 4.98 Å². The molecule has 0 saturated carbocycles. The summed E-state index contributed by atoms with van der Waals surface area (Å²) in [6.45, 7) is 6.90. The van der Waals surface area contributed by atoms with Gasteiger partial charge in [-0.2, -0.15) is 0 Å². The number of rotatable bonds is 4. The minimum atomic E-state index is -0.0190. The van der Waals surface area contributed by atoms with Gasteiger partial charge in [0, 0.05) is 63.4 Å². The summed E-state index contributed by atoms with van der Waals surface area (Å²) in [7, 11) is 0. The molecule has 0 aromatic carbocycles. The number of hydrogen-bond donors (Lipinski definition) is 0. The van der Waals surface area contributed by atoms with Gasteiger partial charge in [0.2, 0.25) is 0 Å². The number of hydrogen-bond acceptors (Lipinski definition) is 5. The Hall–Kier alpha value is -2.57. The first kappa shape index (κ1) is 16.9. The molecule has 134 valence electrons. The van der Waals surface area contributed by atoms with Gasteiger partial charge >= 0.3 is 0 Å². The van der Waals surface area contributed by atoms with Gasteiger partial charge in [-0.15, -0.1) is 0 Å². The van der Waals surface area contributed by atoms with Crippen molar-refractivity contribution < 1.29 is 0 Å². The van der Waals surface area contributed by atoms with Crippen molar-refractivity contribution in [2.24, 2.45) is 0 Å². The molecule has 1 atom stereocenters. The van der Waals surface area contributed by atoms with Crippen LogP contribution >= 0.6 is 0 Å². The van der Waals surface area contributed by atoms with Gasteiger partial charge in [0.25, 0.3) is 5.56 Å². The molecule has 3 aromatic heterocycles. The van der Waals surface area contributed by atoms with E-state index in [2.05, 4.69) is 32.8 Å². The van der Waals surface area contributed by atoms with E-state index in [-0.39, 0.29) is 5.56 Å². The lowest BCUT2D eigenvalue weighted by atomic mass is 10.1. The molecular weight excluding hydrogens is 326 g/mol. The van der Waals surface area contributed by atoms with Crippen molar-refractivity contribution in [3.8, 4) is 0 Å². The number of nitrogens with zero attached hydrogens (tertiary/aromatic N) is 5. The lowest BCUT2D eigenvalue weighted by Gasteiger charge is -2.38. The van der Waals surface area contributed by atoms with E-state index in [1.807, 2.05) is 36.7 Å². The van der Waals surface area contributed by atoms with Crippen molar-refractivity contribution >= 4 is 5.65 Å². The minimum Gasteiger partial charge on any atom is -0.295 e. The molecule has 0 aliphatic carbocycles. The van der Waals surface area contributed by atoms with E-state index in [0.29, 0.717) is 11.7 Å². The molecule has 1 aliphatic heterocycles. The van der Waals surface area contributed by atoms with Crippen molar-refractivity contribution in [3.63, 3.8) is 0 Å². The fourth-order valence-corrected chi connectivity index (χ4v) is 3.56. The molecule has 1 saturated heterocycles. The summed E-state index contributed by atoms with van der Waals surface area (Å²) in [5.41, 5.74) is 2.79. The largest absolute Gasteiger partial charge is 0.295 e. The average molecular weight is 349 g/mol. The molecule has 0 amide bonds.